The molecule has 0 aliphatic carbocycles. The van der Waals surface area contributed by atoms with Gasteiger partial charge in [0.25, 0.3) is 5.91 Å². The number of halogens is 1. The Hall–Kier alpha value is -2.33. The van der Waals surface area contributed by atoms with Crippen molar-refractivity contribution >= 4 is 23.4 Å². The average molecular weight is 331 g/mol. The molecule has 23 heavy (non-hydrogen) atoms. The van der Waals surface area contributed by atoms with Gasteiger partial charge in [0.1, 0.15) is 0 Å². The largest absolute Gasteiger partial charge is 0.273 e. The zero-order chi connectivity index (χ0) is 16.7. The summed E-state index contributed by atoms with van der Waals surface area (Å²) in [7, 11) is 0. The molecular weight excluding hydrogens is 312 g/mol. The average Bonchev–Trinajstić information content (AvgIpc) is 2.59. The summed E-state index contributed by atoms with van der Waals surface area (Å²) in [6.45, 7) is 2.05. The predicted molar refractivity (Wildman–Crippen MR) is 91.2 cm³/mol. The van der Waals surface area contributed by atoms with E-state index in [1.807, 2.05) is 37.3 Å². The molecule has 120 valence electrons. The summed E-state index contributed by atoms with van der Waals surface area (Å²) in [5.74, 6) is -0.595. The van der Waals surface area contributed by atoms with E-state index < -0.39 is 0 Å². The van der Waals surface area contributed by atoms with Gasteiger partial charge in [0.2, 0.25) is 5.91 Å². The molecule has 2 rings (SSSR count). The number of carbonyl (C=O) groups excluding carboxylic acids is 2. The number of nitrogens with one attached hydrogen (secondary N) is 2. The number of rotatable bonds is 5. The van der Waals surface area contributed by atoms with Crippen LogP contribution in [0.5, 0.6) is 0 Å². The van der Waals surface area contributed by atoms with E-state index in [4.69, 9.17) is 11.6 Å². The third kappa shape index (κ3) is 5.11. The molecule has 2 aromatic rings. The van der Waals surface area contributed by atoms with Crippen LogP contribution in [0.15, 0.2) is 48.5 Å². The van der Waals surface area contributed by atoms with E-state index >= 15 is 0 Å². The number of hydrogen-bond acceptors (Lipinski definition) is 2. The minimum atomic E-state index is -0.334. The van der Waals surface area contributed by atoms with Gasteiger partial charge >= 0.3 is 0 Å². The lowest BCUT2D eigenvalue weighted by Crippen LogP contribution is -2.41. The van der Waals surface area contributed by atoms with E-state index in [9.17, 15) is 9.59 Å². The molecule has 0 saturated heterocycles. The van der Waals surface area contributed by atoms with Gasteiger partial charge in [-0.1, -0.05) is 48.9 Å². The first-order valence-corrected chi connectivity index (χ1v) is 7.89. The molecule has 4 nitrogen and oxygen atoms in total. The molecule has 0 spiro atoms. The van der Waals surface area contributed by atoms with E-state index in [0.717, 1.165) is 17.5 Å². The molecule has 2 N–H and O–H groups in total. The monoisotopic (exact) mass is 330 g/mol. The highest BCUT2D eigenvalue weighted by Crippen LogP contribution is 2.16. The van der Waals surface area contributed by atoms with E-state index in [0.29, 0.717) is 17.0 Å². The second-order valence-electron chi connectivity index (χ2n) is 5.14. The molecule has 0 atom stereocenters. The van der Waals surface area contributed by atoms with Crippen molar-refractivity contribution < 1.29 is 9.59 Å². The standard InChI is InChI=1S/C18H19ClN2O2/c1-2-13-7-9-15(10-8-13)18(23)21-20-17(22)12-11-14-5-3-4-6-16(14)19/h3-10H,2,11-12H2,1H3,(H,20,22)(H,21,23). The fraction of sp³-hybridized carbons (Fsp3) is 0.222. The maximum Gasteiger partial charge on any atom is 0.269 e. The van der Waals surface area contributed by atoms with Crippen molar-refractivity contribution in [2.45, 2.75) is 26.2 Å². The van der Waals surface area contributed by atoms with Crippen molar-refractivity contribution in [1.82, 2.24) is 10.9 Å². The van der Waals surface area contributed by atoms with Crippen LogP contribution in [-0.2, 0) is 17.6 Å². The Balaban J connectivity index is 1.79. The lowest BCUT2D eigenvalue weighted by molar-refractivity contribution is -0.121. The molecule has 0 aliphatic heterocycles. The summed E-state index contributed by atoms with van der Waals surface area (Å²) in [4.78, 5) is 23.7. The van der Waals surface area contributed by atoms with Crippen molar-refractivity contribution in [3.63, 3.8) is 0 Å². The van der Waals surface area contributed by atoms with Gasteiger partial charge in [0.05, 0.1) is 0 Å². The van der Waals surface area contributed by atoms with Crippen LogP contribution in [0.4, 0.5) is 0 Å². The van der Waals surface area contributed by atoms with Crippen molar-refractivity contribution in [2.24, 2.45) is 0 Å². The van der Waals surface area contributed by atoms with Gasteiger partial charge < -0.3 is 0 Å². The lowest BCUT2D eigenvalue weighted by atomic mass is 10.1. The van der Waals surface area contributed by atoms with Crippen LogP contribution in [-0.4, -0.2) is 11.8 Å². The number of aryl methyl sites for hydroxylation is 2. The van der Waals surface area contributed by atoms with E-state index in [-0.39, 0.29) is 18.2 Å². The Labute approximate surface area is 140 Å². The van der Waals surface area contributed by atoms with Crippen molar-refractivity contribution in [1.29, 1.82) is 0 Å². The van der Waals surface area contributed by atoms with Gasteiger partial charge in [-0.15, -0.1) is 0 Å². The number of hydrazine groups is 1. The third-order valence-electron chi connectivity index (χ3n) is 3.52. The first-order chi connectivity index (χ1) is 11.1. The molecular formula is C18H19ClN2O2. The normalized spacial score (nSPS) is 10.2. The molecule has 2 aromatic carbocycles. The highest BCUT2D eigenvalue weighted by atomic mass is 35.5. The second-order valence-corrected chi connectivity index (χ2v) is 5.55. The fourth-order valence-electron chi connectivity index (χ4n) is 2.10. The summed E-state index contributed by atoms with van der Waals surface area (Å²) in [5, 5.41) is 0.639. The molecule has 0 saturated carbocycles. The Morgan fingerprint density at radius 3 is 2.35 bits per heavy atom. The third-order valence-corrected chi connectivity index (χ3v) is 3.89. The Morgan fingerprint density at radius 1 is 1.00 bits per heavy atom. The molecule has 2 amide bonds. The smallest absolute Gasteiger partial charge is 0.269 e. The molecule has 0 heterocycles. The molecule has 0 unspecified atom stereocenters. The zero-order valence-electron chi connectivity index (χ0n) is 12.9. The quantitative estimate of drug-likeness (QED) is 0.826. The van der Waals surface area contributed by atoms with Crippen LogP contribution in [0, 0.1) is 0 Å². The van der Waals surface area contributed by atoms with Gasteiger partial charge in [-0.05, 0) is 42.2 Å². The minimum absolute atomic E-state index is 0.249. The predicted octanol–water partition coefficient (Wildman–Crippen LogP) is 3.30. The molecule has 0 aromatic heterocycles. The van der Waals surface area contributed by atoms with Gasteiger partial charge in [-0.2, -0.15) is 0 Å². The van der Waals surface area contributed by atoms with Crippen LogP contribution in [0.1, 0.15) is 34.8 Å². The minimum Gasteiger partial charge on any atom is -0.273 e. The summed E-state index contributed by atoms with van der Waals surface area (Å²) in [5.41, 5.74) is 7.41. The molecule has 0 radical (unpaired) electrons. The van der Waals surface area contributed by atoms with Crippen molar-refractivity contribution in [3.8, 4) is 0 Å². The van der Waals surface area contributed by atoms with E-state index in [1.165, 1.54) is 0 Å². The lowest BCUT2D eigenvalue weighted by Gasteiger charge is -2.08. The SMILES string of the molecule is CCc1ccc(C(=O)NNC(=O)CCc2ccccc2Cl)cc1. The maximum absolute atomic E-state index is 11.9. The van der Waals surface area contributed by atoms with Gasteiger partial charge in [0, 0.05) is 17.0 Å². The fourth-order valence-corrected chi connectivity index (χ4v) is 2.33. The van der Waals surface area contributed by atoms with Crippen molar-refractivity contribution in [3.05, 3.63) is 70.2 Å². The summed E-state index contributed by atoms with van der Waals surface area (Å²) >= 11 is 6.04. The number of hydrogen-bond donors (Lipinski definition) is 2. The summed E-state index contributed by atoms with van der Waals surface area (Å²) in [6.07, 6.45) is 1.69. The van der Waals surface area contributed by atoms with Gasteiger partial charge in [0.15, 0.2) is 0 Å². The highest BCUT2D eigenvalue weighted by Gasteiger charge is 2.08. The second kappa shape index (κ2) is 8.34. The maximum atomic E-state index is 11.9. The van der Waals surface area contributed by atoms with Crippen molar-refractivity contribution in [2.75, 3.05) is 0 Å². The summed E-state index contributed by atoms with van der Waals surface area (Å²) in [6, 6.07) is 14.7. The van der Waals surface area contributed by atoms with E-state index in [2.05, 4.69) is 10.9 Å². The Kier molecular flexibility index (Phi) is 6.18. The molecule has 0 bridgehead atoms. The van der Waals surface area contributed by atoms with Crippen LogP contribution in [0.25, 0.3) is 0 Å². The zero-order valence-corrected chi connectivity index (χ0v) is 13.7. The van der Waals surface area contributed by atoms with Crippen LogP contribution < -0.4 is 10.9 Å². The molecule has 0 aliphatic rings. The van der Waals surface area contributed by atoms with Gasteiger partial charge in [-0.3, -0.25) is 20.4 Å². The van der Waals surface area contributed by atoms with Crippen LogP contribution in [0.3, 0.4) is 0 Å². The summed E-state index contributed by atoms with van der Waals surface area (Å²) < 4.78 is 0. The number of carbonyl (C=O) groups is 2. The highest BCUT2D eigenvalue weighted by molar-refractivity contribution is 6.31. The molecule has 0 fully saturated rings. The van der Waals surface area contributed by atoms with Crippen LogP contribution in [0.2, 0.25) is 5.02 Å². The van der Waals surface area contributed by atoms with E-state index in [1.54, 1.807) is 18.2 Å². The molecule has 5 heteroatoms. The van der Waals surface area contributed by atoms with Gasteiger partial charge in [-0.25, -0.2) is 0 Å². The Morgan fingerprint density at radius 2 is 1.70 bits per heavy atom. The van der Waals surface area contributed by atoms with Crippen LogP contribution >= 0.6 is 11.6 Å². The topological polar surface area (TPSA) is 58.2 Å². The number of amides is 2. The number of benzene rings is 2. The Bertz CT molecular complexity index is 684. The first-order valence-electron chi connectivity index (χ1n) is 7.51. The first kappa shape index (κ1) is 17.0.